The lowest BCUT2D eigenvalue weighted by Crippen LogP contribution is -2.37. The molecule has 6 heteroatoms. The first-order valence-corrected chi connectivity index (χ1v) is 6.53. The molecule has 0 saturated carbocycles. The molecule has 0 bridgehead atoms. The molecule has 1 aromatic rings. The number of nitrogens with zero attached hydrogens (tertiary/aromatic N) is 2. The maximum atomic E-state index is 12.1. The van der Waals surface area contributed by atoms with Crippen molar-refractivity contribution in [3.63, 3.8) is 0 Å². The molecule has 0 spiro atoms. The van der Waals surface area contributed by atoms with Crippen LogP contribution >= 0.6 is 11.3 Å². The van der Waals surface area contributed by atoms with E-state index < -0.39 is 0 Å². The lowest BCUT2D eigenvalue weighted by molar-refractivity contribution is 0.0706. The van der Waals surface area contributed by atoms with Gasteiger partial charge in [-0.15, -0.1) is 11.3 Å². The smallest absolute Gasteiger partial charge is 0.273 e. The Hall–Kier alpha value is -0.980. The Morgan fingerprint density at radius 1 is 1.76 bits per heavy atom. The number of nitrogens with two attached hydrogens (primary N) is 1. The van der Waals surface area contributed by atoms with Crippen molar-refractivity contribution in [2.45, 2.75) is 25.4 Å². The number of hydrogen-bond donors (Lipinski definition) is 1. The fourth-order valence-electron chi connectivity index (χ4n) is 1.77. The van der Waals surface area contributed by atoms with Gasteiger partial charge in [0.05, 0.1) is 18.7 Å². The van der Waals surface area contributed by atoms with Crippen LogP contribution in [0.2, 0.25) is 0 Å². The van der Waals surface area contributed by atoms with Gasteiger partial charge in [0.2, 0.25) is 0 Å². The Morgan fingerprint density at radius 2 is 2.53 bits per heavy atom. The second kappa shape index (κ2) is 5.12. The highest BCUT2D eigenvalue weighted by Gasteiger charge is 2.26. The van der Waals surface area contributed by atoms with Crippen molar-refractivity contribution < 1.29 is 9.53 Å². The van der Waals surface area contributed by atoms with Crippen LogP contribution in [0.25, 0.3) is 0 Å². The molecule has 2 N–H and O–H groups in total. The fourth-order valence-corrected chi connectivity index (χ4v) is 2.52. The van der Waals surface area contributed by atoms with E-state index in [2.05, 4.69) is 4.98 Å². The number of hydrogen-bond acceptors (Lipinski definition) is 5. The van der Waals surface area contributed by atoms with Gasteiger partial charge in [0.1, 0.15) is 10.7 Å². The van der Waals surface area contributed by atoms with Crippen LogP contribution in [-0.2, 0) is 4.74 Å². The van der Waals surface area contributed by atoms with Crippen LogP contribution in [0.5, 0.6) is 0 Å². The van der Waals surface area contributed by atoms with Crippen molar-refractivity contribution >= 4 is 17.2 Å². The highest BCUT2D eigenvalue weighted by atomic mass is 32.1. The third-order valence-electron chi connectivity index (χ3n) is 2.90. The molecule has 0 aliphatic carbocycles. The van der Waals surface area contributed by atoms with E-state index in [1.54, 1.807) is 17.3 Å². The summed E-state index contributed by atoms with van der Waals surface area (Å²) in [5, 5.41) is 2.57. The molecule has 2 rings (SSSR count). The van der Waals surface area contributed by atoms with E-state index in [1.165, 1.54) is 11.3 Å². The van der Waals surface area contributed by atoms with Crippen molar-refractivity contribution in [3.05, 3.63) is 16.1 Å². The molecule has 1 aliphatic heterocycles. The maximum Gasteiger partial charge on any atom is 0.273 e. The predicted molar refractivity (Wildman–Crippen MR) is 66.0 cm³/mol. The quantitative estimate of drug-likeness (QED) is 0.875. The number of thiazole rings is 1. The van der Waals surface area contributed by atoms with E-state index in [4.69, 9.17) is 10.5 Å². The third kappa shape index (κ3) is 2.65. The lowest BCUT2D eigenvalue weighted by Gasteiger charge is -2.22. The van der Waals surface area contributed by atoms with Crippen molar-refractivity contribution in [2.24, 2.45) is 5.73 Å². The van der Waals surface area contributed by atoms with E-state index in [-0.39, 0.29) is 18.0 Å². The summed E-state index contributed by atoms with van der Waals surface area (Å²) in [7, 11) is 1.80. The minimum absolute atomic E-state index is 0.0522. The first kappa shape index (κ1) is 12.5. The molecule has 1 saturated heterocycles. The first-order valence-electron chi connectivity index (χ1n) is 5.65. The van der Waals surface area contributed by atoms with Crippen LogP contribution in [0, 0.1) is 0 Å². The summed E-state index contributed by atoms with van der Waals surface area (Å²) >= 11 is 1.43. The van der Waals surface area contributed by atoms with E-state index in [1.807, 2.05) is 6.92 Å². The average molecular weight is 255 g/mol. The van der Waals surface area contributed by atoms with Crippen LogP contribution in [0.4, 0.5) is 0 Å². The van der Waals surface area contributed by atoms with Gasteiger partial charge in [-0.3, -0.25) is 4.79 Å². The van der Waals surface area contributed by atoms with E-state index in [0.29, 0.717) is 12.3 Å². The minimum atomic E-state index is -0.123. The number of ether oxygens (including phenoxy) is 1. The molecule has 5 nitrogen and oxygen atoms in total. The molecule has 0 aromatic carbocycles. The molecule has 1 aromatic heterocycles. The number of carbonyl (C=O) groups excluding carboxylic acids is 1. The van der Waals surface area contributed by atoms with Crippen molar-refractivity contribution in [2.75, 3.05) is 20.3 Å². The van der Waals surface area contributed by atoms with Crippen LogP contribution < -0.4 is 5.73 Å². The van der Waals surface area contributed by atoms with E-state index in [0.717, 1.165) is 18.0 Å². The van der Waals surface area contributed by atoms with Crippen LogP contribution in [-0.4, -0.2) is 42.1 Å². The van der Waals surface area contributed by atoms with Gasteiger partial charge in [-0.2, -0.15) is 0 Å². The summed E-state index contributed by atoms with van der Waals surface area (Å²) in [4.78, 5) is 18.1. The normalized spacial score (nSPS) is 21.5. The van der Waals surface area contributed by atoms with E-state index in [9.17, 15) is 4.79 Å². The van der Waals surface area contributed by atoms with Gasteiger partial charge in [0, 0.05) is 19.0 Å². The summed E-state index contributed by atoms with van der Waals surface area (Å²) in [6, 6.07) is 0.0459. The number of likely N-dealkylation sites (N-methyl/N-ethyl adjacent to an activating group) is 1. The zero-order valence-electron chi connectivity index (χ0n) is 10.0. The molecule has 94 valence electrons. The Bertz CT molecular complexity index is 399. The number of carbonyl (C=O) groups is 1. The van der Waals surface area contributed by atoms with Gasteiger partial charge >= 0.3 is 0 Å². The summed E-state index contributed by atoms with van der Waals surface area (Å²) < 4.78 is 5.28. The Kier molecular flexibility index (Phi) is 3.76. The zero-order valence-corrected chi connectivity index (χ0v) is 10.9. The molecule has 17 heavy (non-hydrogen) atoms. The Morgan fingerprint density at radius 3 is 3.06 bits per heavy atom. The zero-order chi connectivity index (χ0) is 12.4. The fraction of sp³-hybridized carbons (Fsp3) is 0.636. The summed E-state index contributed by atoms with van der Waals surface area (Å²) in [5.74, 6) is -0.0522. The van der Waals surface area contributed by atoms with Gasteiger partial charge in [-0.05, 0) is 13.3 Å². The molecule has 0 radical (unpaired) electrons. The summed E-state index contributed by atoms with van der Waals surface area (Å²) in [6.07, 6.45) is 0.895. The van der Waals surface area contributed by atoms with Crippen molar-refractivity contribution in [1.29, 1.82) is 0 Å². The maximum absolute atomic E-state index is 12.1. The Labute approximate surface area is 105 Å². The average Bonchev–Trinajstić information content (AvgIpc) is 2.97. The van der Waals surface area contributed by atoms with Gasteiger partial charge < -0.3 is 15.4 Å². The van der Waals surface area contributed by atoms with Crippen molar-refractivity contribution in [1.82, 2.24) is 9.88 Å². The van der Waals surface area contributed by atoms with Crippen LogP contribution in [0.3, 0.4) is 0 Å². The first-order chi connectivity index (χ1) is 8.09. The molecular formula is C11H17N3O2S. The van der Waals surface area contributed by atoms with Crippen LogP contribution in [0.15, 0.2) is 5.38 Å². The molecule has 1 fully saturated rings. The largest absolute Gasteiger partial charge is 0.379 e. The van der Waals surface area contributed by atoms with Crippen LogP contribution in [0.1, 0.15) is 34.9 Å². The predicted octanol–water partition coefficient (Wildman–Crippen LogP) is 1.02. The standard InChI is InChI=1S/C11H17N3O2S/c1-7(12)10-13-9(6-17-10)11(15)14(2)8-3-4-16-5-8/h6-8H,3-5,12H2,1-2H3. The highest BCUT2D eigenvalue weighted by molar-refractivity contribution is 7.09. The van der Waals surface area contributed by atoms with Gasteiger partial charge in [0.25, 0.3) is 5.91 Å². The van der Waals surface area contributed by atoms with Gasteiger partial charge in [0.15, 0.2) is 0 Å². The molecule has 1 amide bonds. The molecule has 1 aliphatic rings. The molecule has 2 unspecified atom stereocenters. The number of aromatic nitrogens is 1. The molecular weight excluding hydrogens is 238 g/mol. The Balaban J connectivity index is 2.07. The summed E-state index contributed by atoms with van der Waals surface area (Å²) in [6.45, 7) is 3.21. The van der Waals surface area contributed by atoms with Gasteiger partial charge in [-0.1, -0.05) is 0 Å². The molecule has 2 heterocycles. The lowest BCUT2D eigenvalue weighted by atomic mass is 10.2. The third-order valence-corrected chi connectivity index (χ3v) is 3.95. The second-order valence-electron chi connectivity index (χ2n) is 4.29. The minimum Gasteiger partial charge on any atom is -0.379 e. The topological polar surface area (TPSA) is 68.5 Å². The molecule has 2 atom stereocenters. The number of amides is 1. The van der Waals surface area contributed by atoms with Crippen molar-refractivity contribution in [3.8, 4) is 0 Å². The summed E-state index contributed by atoms with van der Waals surface area (Å²) in [5.41, 5.74) is 6.21. The number of rotatable bonds is 3. The second-order valence-corrected chi connectivity index (χ2v) is 5.18. The van der Waals surface area contributed by atoms with E-state index >= 15 is 0 Å². The highest BCUT2D eigenvalue weighted by Crippen LogP contribution is 2.19. The van der Waals surface area contributed by atoms with Gasteiger partial charge in [-0.25, -0.2) is 4.98 Å². The SMILES string of the molecule is CC(N)c1nc(C(=O)N(C)C2CCOC2)cs1. The monoisotopic (exact) mass is 255 g/mol.